The van der Waals surface area contributed by atoms with Crippen LogP contribution in [0.25, 0.3) is 0 Å². The molecule has 1 N–H and O–H groups in total. The molecule has 5 nitrogen and oxygen atoms in total. The molecule has 132 valence electrons. The highest BCUT2D eigenvalue weighted by Crippen LogP contribution is 2.21. The fraction of sp³-hybridized carbons (Fsp3) is 0.400. The molecule has 5 heteroatoms. The Kier molecular flexibility index (Phi) is 6.01. The summed E-state index contributed by atoms with van der Waals surface area (Å²) in [7, 11) is 1.69. The molecule has 1 aliphatic rings. The monoisotopic (exact) mass is 339 g/mol. The number of nitrogens with one attached hydrogen (secondary N) is 1. The van der Waals surface area contributed by atoms with Gasteiger partial charge in [-0.2, -0.15) is 0 Å². The van der Waals surface area contributed by atoms with Crippen LogP contribution < -0.4 is 10.1 Å². The van der Waals surface area contributed by atoms with Gasteiger partial charge in [0.15, 0.2) is 0 Å². The maximum atomic E-state index is 12.4. The van der Waals surface area contributed by atoms with Gasteiger partial charge in [-0.1, -0.05) is 12.1 Å². The van der Waals surface area contributed by atoms with E-state index in [1.807, 2.05) is 24.3 Å². The van der Waals surface area contributed by atoms with Gasteiger partial charge in [-0.05, 0) is 61.3 Å². The first-order valence-corrected chi connectivity index (χ1v) is 8.76. The first-order chi connectivity index (χ1) is 12.2. The van der Waals surface area contributed by atoms with Gasteiger partial charge in [0, 0.05) is 31.4 Å². The van der Waals surface area contributed by atoms with Crippen molar-refractivity contribution in [3.63, 3.8) is 0 Å². The largest absolute Gasteiger partial charge is 0.497 e. The van der Waals surface area contributed by atoms with Crippen molar-refractivity contribution in [1.29, 1.82) is 0 Å². The summed E-state index contributed by atoms with van der Waals surface area (Å²) < 4.78 is 5.28. The molecule has 25 heavy (non-hydrogen) atoms. The number of nitrogens with zero attached hydrogens (tertiary/aromatic N) is 2. The predicted octanol–water partition coefficient (Wildman–Crippen LogP) is 2.62. The van der Waals surface area contributed by atoms with Gasteiger partial charge in [-0.25, -0.2) is 0 Å². The van der Waals surface area contributed by atoms with Crippen molar-refractivity contribution in [3.8, 4) is 5.75 Å². The van der Waals surface area contributed by atoms with E-state index in [9.17, 15) is 4.79 Å². The van der Waals surface area contributed by atoms with Crippen LogP contribution in [-0.4, -0.2) is 36.0 Å². The van der Waals surface area contributed by atoms with Crippen LogP contribution in [0.2, 0.25) is 0 Å². The van der Waals surface area contributed by atoms with Crippen LogP contribution in [0.1, 0.15) is 24.0 Å². The number of rotatable bonds is 6. The van der Waals surface area contributed by atoms with E-state index in [0.29, 0.717) is 6.54 Å². The molecule has 0 aliphatic carbocycles. The molecule has 2 aromatic rings. The minimum absolute atomic E-state index is 0.114. The molecule has 1 aromatic carbocycles. The number of ether oxygens (including phenoxy) is 1. The zero-order valence-electron chi connectivity index (χ0n) is 14.6. The number of piperidine rings is 1. The van der Waals surface area contributed by atoms with Crippen LogP contribution in [0.15, 0.2) is 48.8 Å². The van der Waals surface area contributed by atoms with Crippen LogP contribution in [-0.2, 0) is 17.9 Å². The molecule has 1 amide bonds. The summed E-state index contributed by atoms with van der Waals surface area (Å²) in [6, 6.07) is 12.0. The topological polar surface area (TPSA) is 54.5 Å². The minimum atomic E-state index is 0.114. The Labute approximate surface area is 149 Å². The Bertz CT molecular complexity index is 682. The molecule has 0 spiro atoms. The summed E-state index contributed by atoms with van der Waals surface area (Å²) >= 11 is 0. The van der Waals surface area contributed by atoms with Crippen molar-refractivity contribution in [2.45, 2.75) is 25.9 Å². The number of carbonyl (C=O) groups is 1. The zero-order chi connectivity index (χ0) is 17.5. The highest BCUT2D eigenvalue weighted by molar-refractivity contribution is 5.78. The van der Waals surface area contributed by atoms with Gasteiger partial charge in [0.25, 0.3) is 0 Å². The van der Waals surface area contributed by atoms with Gasteiger partial charge < -0.3 is 10.1 Å². The van der Waals surface area contributed by atoms with E-state index in [1.54, 1.807) is 19.5 Å². The Morgan fingerprint density at radius 2 is 1.96 bits per heavy atom. The summed E-state index contributed by atoms with van der Waals surface area (Å²) in [5.74, 6) is 1.17. The molecule has 2 heterocycles. The van der Waals surface area contributed by atoms with Crippen molar-refractivity contribution in [2.75, 3.05) is 20.2 Å². The molecular formula is C20H25N3O2. The lowest BCUT2D eigenvalue weighted by atomic mass is 9.95. The third-order valence-corrected chi connectivity index (χ3v) is 4.71. The quantitative estimate of drug-likeness (QED) is 0.879. The third-order valence-electron chi connectivity index (χ3n) is 4.71. The van der Waals surface area contributed by atoms with Crippen LogP contribution in [0.5, 0.6) is 5.75 Å². The van der Waals surface area contributed by atoms with Crippen molar-refractivity contribution < 1.29 is 9.53 Å². The van der Waals surface area contributed by atoms with E-state index < -0.39 is 0 Å². The predicted molar refractivity (Wildman–Crippen MR) is 97.1 cm³/mol. The molecule has 1 saturated heterocycles. The van der Waals surface area contributed by atoms with Gasteiger partial charge in [0.1, 0.15) is 5.75 Å². The van der Waals surface area contributed by atoms with Crippen LogP contribution in [0.4, 0.5) is 0 Å². The number of benzene rings is 1. The van der Waals surface area contributed by atoms with Gasteiger partial charge in [0.2, 0.25) is 5.91 Å². The van der Waals surface area contributed by atoms with Crippen molar-refractivity contribution in [3.05, 3.63) is 59.9 Å². The van der Waals surface area contributed by atoms with E-state index in [-0.39, 0.29) is 11.8 Å². The molecule has 0 atom stereocenters. The first-order valence-electron chi connectivity index (χ1n) is 8.76. The molecule has 1 aromatic heterocycles. The lowest BCUT2D eigenvalue weighted by Gasteiger charge is -2.31. The van der Waals surface area contributed by atoms with Crippen molar-refractivity contribution in [1.82, 2.24) is 15.2 Å². The van der Waals surface area contributed by atoms with Crippen LogP contribution >= 0.6 is 0 Å². The Balaban J connectivity index is 1.44. The number of methoxy groups -OCH3 is 1. The fourth-order valence-corrected chi connectivity index (χ4v) is 3.22. The van der Waals surface area contributed by atoms with Crippen molar-refractivity contribution >= 4 is 5.91 Å². The summed E-state index contributed by atoms with van der Waals surface area (Å²) in [5.41, 5.74) is 2.33. The van der Waals surface area contributed by atoms with E-state index in [1.165, 1.54) is 5.56 Å². The minimum Gasteiger partial charge on any atom is -0.497 e. The van der Waals surface area contributed by atoms with E-state index in [0.717, 1.165) is 43.8 Å². The second kappa shape index (κ2) is 8.62. The first kappa shape index (κ1) is 17.4. The second-order valence-corrected chi connectivity index (χ2v) is 6.48. The number of pyridine rings is 1. The third kappa shape index (κ3) is 5.03. The van der Waals surface area contributed by atoms with E-state index in [4.69, 9.17) is 4.74 Å². The molecule has 0 unspecified atom stereocenters. The second-order valence-electron chi connectivity index (χ2n) is 6.48. The Morgan fingerprint density at radius 1 is 1.20 bits per heavy atom. The fourth-order valence-electron chi connectivity index (χ4n) is 3.22. The lowest BCUT2D eigenvalue weighted by Crippen LogP contribution is -2.40. The highest BCUT2D eigenvalue weighted by atomic mass is 16.5. The zero-order valence-corrected chi connectivity index (χ0v) is 14.6. The van der Waals surface area contributed by atoms with Gasteiger partial charge in [-0.15, -0.1) is 0 Å². The molecule has 1 fully saturated rings. The Morgan fingerprint density at radius 3 is 2.68 bits per heavy atom. The summed E-state index contributed by atoms with van der Waals surface area (Å²) in [6.07, 6.45) is 5.31. The number of carbonyl (C=O) groups excluding carboxylic acids is 1. The van der Waals surface area contributed by atoms with Crippen molar-refractivity contribution in [2.24, 2.45) is 5.92 Å². The lowest BCUT2D eigenvalue weighted by molar-refractivity contribution is -0.126. The average Bonchev–Trinajstić information content (AvgIpc) is 2.67. The number of hydrogen-bond donors (Lipinski definition) is 1. The normalized spacial score (nSPS) is 15.7. The average molecular weight is 339 g/mol. The highest BCUT2D eigenvalue weighted by Gasteiger charge is 2.24. The summed E-state index contributed by atoms with van der Waals surface area (Å²) in [6.45, 7) is 3.38. The SMILES string of the molecule is COc1cccc(CN2CCC(C(=O)NCc3ccncc3)CC2)c1. The summed E-state index contributed by atoms with van der Waals surface area (Å²) in [5, 5.41) is 3.05. The molecule has 0 bridgehead atoms. The van der Waals surface area contributed by atoms with Gasteiger partial charge >= 0.3 is 0 Å². The Hall–Kier alpha value is -2.40. The van der Waals surface area contributed by atoms with Gasteiger partial charge in [0.05, 0.1) is 7.11 Å². The summed E-state index contributed by atoms with van der Waals surface area (Å²) in [4.78, 5) is 18.8. The number of aromatic nitrogens is 1. The van der Waals surface area contributed by atoms with Crippen LogP contribution in [0, 0.1) is 5.92 Å². The van der Waals surface area contributed by atoms with E-state index in [2.05, 4.69) is 27.3 Å². The smallest absolute Gasteiger partial charge is 0.223 e. The number of likely N-dealkylation sites (tertiary alicyclic amines) is 1. The van der Waals surface area contributed by atoms with Crippen LogP contribution in [0.3, 0.4) is 0 Å². The molecule has 3 rings (SSSR count). The maximum absolute atomic E-state index is 12.4. The number of hydrogen-bond acceptors (Lipinski definition) is 4. The van der Waals surface area contributed by atoms with Gasteiger partial charge in [-0.3, -0.25) is 14.7 Å². The molecule has 0 saturated carbocycles. The molecule has 0 radical (unpaired) electrons. The molecule has 1 aliphatic heterocycles. The number of amides is 1. The maximum Gasteiger partial charge on any atom is 0.223 e. The van der Waals surface area contributed by atoms with E-state index >= 15 is 0 Å². The molecular weight excluding hydrogens is 314 g/mol. The standard InChI is InChI=1S/C20H25N3O2/c1-25-19-4-2-3-17(13-19)15-23-11-7-18(8-12-23)20(24)22-14-16-5-9-21-10-6-16/h2-6,9-10,13,18H,7-8,11-12,14-15H2,1H3,(H,22,24).